The Morgan fingerprint density at radius 1 is 1.10 bits per heavy atom. The first-order valence-electron chi connectivity index (χ1n) is 10.1. The molecule has 31 heavy (non-hydrogen) atoms. The van der Waals surface area contributed by atoms with Crippen LogP contribution < -0.4 is 23.7 Å². The summed E-state index contributed by atoms with van der Waals surface area (Å²) in [5.41, 5.74) is 1.46. The van der Waals surface area contributed by atoms with Crippen LogP contribution in [-0.2, 0) is 16.8 Å². The lowest BCUT2D eigenvalue weighted by molar-refractivity contribution is -0.102. The van der Waals surface area contributed by atoms with Crippen LogP contribution in [0.25, 0.3) is 0 Å². The highest BCUT2D eigenvalue weighted by molar-refractivity contribution is 6.08. The Kier molecular flexibility index (Phi) is 4.41. The van der Waals surface area contributed by atoms with Crippen molar-refractivity contribution >= 4 is 5.78 Å². The van der Waals surface area contributed by atoms with Gasteiger partial charge in [-0.1, -0.05) is 6.58 Å². The molecule has 0 fully saturated rings. The molecule has 0 radical (unpaired) electrons. The lowest BCUT2D eigenvalue weighted by Crippen LogP contribution is -2.58. The first-order chi connectivity index (χ1) is 14.9. The van der Waals surface area contributed by atoms with Gasteiger partial charge >= 0.3 is 0 Å². The Hall–Kier alpha value is -3.19. The zero-order valence-corrected chi connectivity index (χ0v) is 17.9. The van der Waals surface area contributed by atoms with E-state index in [1.54, 1.807) is 32.4 Å². The van der Waals surface area contributed by atoms with Crippen molar-refractivity contribution in [2.75, 3.05) is 27.9 Å². The summed E-state index contributed by atoms with van der Waals surface area (Å²) < 4.78 is 35.1. The first kappa shape index (κ1) is 19.8. The predicted molar refractivity (Wildman–Crippen MR) is 112 cm³/mol. The predicted octanol–water partition coefficient (Wildman–Crippen LogP) is 3.46. The van der Waals surface area contributed by atoms with Gasteiger partial charge in [0.05, 0.1) is 19.8 Å². The molecule has 162 valence electrons. The van der Waals surface area contributed by atoms with Crippen LogP contribution in [0.15, 0.2) is 36.4 Å². The van der Waals surface area contributed by atoms with E-state index in [2.05, 4.69) is 6.58 Å². The monoisotopic (exact) mass is 424 g/mol. The number of ether oxygens (including phenoxy) is 6. The van der Waals surface area contributed by atoms with Crippen molar-refractivity contribution in [2.24, 2.45) is 0 Å². The molecule has 3 aliphatic heterocycles. The number of hydrogen-bond acceptors (Lipinski definition) is 7. The SMILES string of the molecule is C=C(C)[C@H]1Cc2c(ccc3c2O[C@@H]2COc4cc(OC)c(OC)cc4[C@@]2(OC)C3=O)O1. The molecular weight excluding hydrogens is 400 g/mol. The number of fused-ring (bicyclic) bond motifs is 6. The molecule has 2 aromatic carbocycles. The number of Topliss-reactive ketones (excluding diaryl/α,β-unsaturated/α-hetero) is 1. The van der Waals surface area contributed by atoms with Gasteiger partial charge < -0.3 is 28.4 Å². The second-order valence-corrected chi connectivity index (χ2v) is 7.97. The molecule has 0 aromatic heterocycles. The molecule has 0 unspecified atom stereocenters. The number of ketones is 1. The standard InChI is InChI=1S/C24H24O7/c1-12(2)17-8-14-16(30-17)7-6-13-22(14)31-21-11-29-18-10-20(27-4)19(26-3)9-15(18)24(21,28-5)23(13)25/h6-7,9-10,17,21H,1,8,11H2,2-5H3/t17-,21-,24+/m1/s1. The average molecular weight is 424 g/mol. The zero-order chi connectivity index (χ0) is 21.9. The van der Waals surface area contributed by atoms with Gasteiger partial charge in [0.15, 0.2) is 23.2 Å². The lowest BCUT2D eigenvalue weighted by atomic mass is 9.76. The van der Waals surface area contributed by atoms with Gasteiger partial charge in [-0.25, -0.2) is 0 Å². The van der Waals surface area contributed by atoms with E-state index in [1.165, 1.54) is 7.11 Å². The van der Waals surface area contributed by atoms with E-state index in [-0.39, 0.29) is 18.5 Å². The first-order valence-corrected chi connectivity index (χ1v) is 10.1. The highest BCUT2D eigenvalue weighted by Gasteiger charge is 2.58. The maximum Gasteiger partial charge on any atom is 0.207 e. The number of hydrogen-bond donors (Lipinski definition) is 0. The molecule has 0 N–H and O–H groups in total. The minimum atomic E-state index is -1.36. The highest BCUT2D eigenvalue weighted by atomic mass is 16.6. The van der Waals surface area contributed by atoms with Crippen LogP contribution in [0.5, 0.6) is 28.7 Å². The van der Waals surface area contributed by atoms with Crippen LogP contribution in [-0.4, -0.2) is 45.9 Å². The Bertz CT molecular complexity index is 1110. The van der Waals surface area contributed by atoms with Crippen LogP contribution >= 0.6 is 0 Å². The van der Waals surface area contributed by atoms with Gasteiger partial charge in [-0.2, -0.15) is 0 Å². The van der Waals surface area contributed by atoms with E-state index in [0.29, 0.717) is 46.3 Å². The summed E-state index contributed by atoms with van der Waals surface area (Å²) in [6.07, 6.45) is -0.191. The molecule has 3 aliphatic rings. The summed E-state index contributed by atoms with van der Waals surface area (Å²) in [6, 6.07) is 6.99. The number of benzene rings is 2. The second-order valence-electron chi connectivity index (χ2n) is 7.97. The molecule has 7 nitrogen and oxygen atoms in total. The van der Waals surface area contributed by atoms with Gasteiger partial charge in [-0.3, -0.25) is 4.79 Å². The molecule has 0 spiro atoms. The van der Waals surface area contributed by atoms with E-state index < -0.39 is 11.7 Å². The lowest BCUT2D eigenvalue weighted by Gasteiger charge is -2.45. The summed E-state index contributed by atoms with van der Waals surface area (Å²) in [6.45, 7) is 6.08. The van der Waals surface area contributed by atoms with Gasteiger partial charge in [0, 0.05) is 30.7 Å². The molecule has 2 aromatic rings. The van der Waals surface area contributed by atoms with Gasteiger partial charge in [0.1, 0.15) is 30.0 Å². The molecule has 7 heteroatoms. The minimum Gasteiger partial charge on any atom is -0.493 e. The fourth-order valence-electron chi connectivity index (χ4n) is 4.67. The van der Waals surface area contributed by atoms with Crippen molar-refractivity contribution in [3.8, 4) is 28.7 Å². The van der Waals surface area contributed by atoms with E-state index in [9.17, 15) is 4.79 Å². The minimum absolute atomic E-state index is 0.130. The summed E-state index contributed by atoms with van der Waals surface area (Å²) in [5, 5.41) is 0. The van der Waals surface area contributed by atoms with Crippen LogP contribution in [0.4, 0.5) is 0 Å². The maximum atomic E-state index is 13.9. The normalized spacial score (nSPS) is 25.1. The Morgan fingerprint density at radius 3 is 2.52 bits per heavy atom. The molecule has 3 atom stereocenters. The maximum absolute atomic E-state index is 13.9. The molecule has 0 amide bonds. The molecule has 5 rings (SSSR count). The highest BCUT2D eigenvalue weighted by Crippen LogP contribution is 2.52. The third-order valence-electron chi connectivity index (χ3n) is 6.32. The fraction of sp³-hybridized carbons (Fsp3) is 0.375. The van der Waals surface area contributed by atoms with Gasteiger partial charge in [0.2, 0.25) is 5.78 Å². The summed E-state index contributed by atoms with van der Waals surface area (Å²) >= 11 is 0. The van der Waals surface area contributed by atoms with Crippen molar-refractivity contribution < 1.29 is 33.2 Å². The average Bonchev–Trinajstić information content (AvgIpc) is 3.23. The Labute approximate surface area is 180 Å². The quantitative estimate of drug-likeness (QED) is 0.696. The van der Waals surface area contributed by atoms with Crippen LogP contribution in [0.1, 0.15) is 28.4 Å². The fourth-order valence-corrected chi connectivity index (χ4v) is 4.67. The Morgan fingerprint density at radius 2 is 1.84 bits per heavy atom. The summed E-state index contributed by atoms with van der Waals surface area (Å²) in [4.78, 5) is 13.9. The van der Waals surface area contributed by atoms with Crippen LogP contribution in [0, 0.1) is 0 Å². The van der Waals surface area contributed by atoms with E-state index in [0.717, 1.165) is 11.1 Å². The largest absolute Gasteiger partial charge is 0.493 e. The molecule has 0 bridgehead atoms. The number of methoxy groups -OCH3 is 3. The molecular formula is C24H24O7. The third kappa shape index (κ3) is 2.59. The topological polar surface area (TPSA) is 72.5 Å². The van der Waals surface area contributed by atoms with Crippen molar-refractivity contribution in [1.29, 1.82) is 0 Å². The molecule has 0 saturated carbocycles. The van der Waals surface area contributed by atoms with Crippen LogP contribution in [0.2, 0.25) is 0 Å². The number of carbonyl (C=O) groups excluding carboxylic acids is 1. The summed E-state index contributed by atoms with van der Waals surface area (Å²) in [7, 11) is 4.60. The van der Waals surface area contributed by atoms with Gasteiger partial charge in [-0.15, -0.1) is 0 Å². The third-order valence-corrected chi connectivity index (χ3v) is 6.32. The van der Waals surface area contributed by atoms with Crippen molar-refractivity contribution in [3.05, 3.63) is 53.1 Å². The smallest absolute Gasteiger partial charge is 0.207 e. The Balaban J connectivity index is 1.66. The van der Waals surface area contributed by atoms with Gasteiger partial charge in [-0.05, 0) is 30.7 Å². The van der Waals surface area contributed by atoms with E-state index in [4.69, 9.17) is 28.4 Å². The summed E-state index contributed by atoms with van der Waals surface area (Å²) in [5.74, 6) is 2.57. The zero-order valence-electron chi connectivity index (χ0n) is 17.9. The van der Waals surface area contributed by atoms with Crippen molar-refractivity contribution in [2.45, 2.75) is 31.2 Å². The van der Waals surface area contributed by atoms with Crippen molar-refractivity contribution in [3.63, 3.8) is 0 Å². The molecule has 3 heterocycles. The number of carbonyl (C=O) groups is 1. The number of rotatable bonds is 4. The van der Waals surface area contributed by atoms with Gasteiger partial charge in [0.25, 0.3) is 0 Å². The van der Waals surface area contributed by atoms with E-state index in [1.807, 2.05) is 13.0 Å². The molecule has 0 saturated heterocycles. The van der Waals surface area contributed by atoms with Crippen LogP contribution in [0.3, 0.4) is 0 Å². The van der Waals surface area contributed by atoms with E-state index >= 15 is 0 Å². The van der Waals surface area contributed by atoms with Crippen molar-refractivity contribution in [1.82, 2.24) is 0 Å². The molecule has 0 aliphatic carbocycles. The second kappa shape index (κ2) is 6.92.